The van der Waals surface area contributed by atoms with Gasteiger partial charge in [-0.15, -0.1) is 0 Å². The standard InChI is InChI=1S/C22H24BN3O3/c24-13-15-2-1-3-17(10-15)16-5-8-26(9-6-16)22(27)18-11-19-14-25-7-4-20(19)21(12-18)23(28)29/h1-4,7,10-12,14,16,28-29H,5-6,8-9,13,24H2. The molecule has 0 aliphatic carbocycles. The highest BCUT2D eigenvalue weighted by molar-refractivity contribution is 6.62. The minimum absolute atomic E-state index is 0.0909. The fraction of sp³-hybridized carbons (Fsp3) is 0.273. The molecule has 6 nitrogen and oxygen atoms in total. The Morgan fingerprint density at radius 3 is 2.69 bits per heavy atom. The minimum atomic E-state index is -1.65. The second kappa shape index (κ2) is 8.33. The molecule has 2 heterocycles. The van der Waals surface area contributed by atoms with Crippen LogP contribution in [0, 0.1) is 0 Å². The van der Waals surface area contributed by atoms with Crippen LogP contribution in [0.15, 0.2) is 54.9 Å². The van der Waals surface area contributed by atoms with E-state index in [9.17, 15) is 14.8 Å². The number of amides is 1. The zero-order valence-electron chi connectivity index (χ0n) is 16.2. The quantitative estimate of drug-likeness (QED) is 0.586. The summed E-state index contributed by atoms with van der Waals surface area (Å²) in [5.41, 5.74) is 8.94. The van der Waals surface area contributed by atoms with Crippen molar-refractivity contribution in [2.75, 3.05) is 13.1 Å². The first-order valence-electron chi connectivity index (χ1n) is 9.89. The van der Waals surface area contributed by atoms with Gasteiger partial charge < -0.3 is 20.7 Å². The molecule has 1 aromatic heterocycles. The molecule has 1 fully saturated rings. The number of hydrogen-bond acceptors (Lipinski definition) is 5. The van der Waals surface area contributed by atoms with Crippen molar-refractivity contribution in [3.63, 3.8) is 0 Å². The molecule has 0 saturated carbocycles. The van der Waals surface area contributed by atoms with E-state index in [1.165, 1.54) is 5.56 Å². The molecule has 0 spiro atoms. The Bertz CT molecular complexity index is 1030. The summed E-state index contributed by atoms with van der Waals surface area (Å²) in [4.78, 5) is 19.0. The van der Waals surface area contributed by atoms with Gasteiger partial charge in [0.15, 0.2) is 0 Å². The van der Waals surface area contributed by atoms with Gasteiger partial charge >= 0.3 is 7.12 Å². The molecule has 7 heteroatoms. The van der Waals surface area contributed by atoms with Crippen LogP contribution in [0.2, 0.25) is 0 Å². The Labute approximate surface area is 170 Å². The summed E-state index contributed by atoms with van der Waals surface area (Å²) in [6.07, 6.45) is 5.02. The number of carbonyl (C=O) groups excluding carboxylic acids is 1. The van der Waals surface area contributed by atoms with Crippen LogP contribution in [-0.2, 0) is 6.54 Å². The molecule has 1 aliphatic rings. The Morgan fingerprint density at radius 2 is 1.97 bits per heavy atom. The van der Waals surface area contributed by atoms with Crippen LogP contribution in [0.1, 0.15) is 40.2 Å². The summed E-state index contributed by atoms with van der Waals surface area (Å²) >= 11 is 0. The van der Waals surface area contributed by atoms with Gasteiger partial charge in [-0.3, -0.25) is 9.78 Å². The van der Waals surface area contributed by atoms with Gasteiger partial charge in [0.2, 0.25) is 0 Å². The number of carbonyl (C=O) groups is 1. The number of aromatic nitrogens is 1. The van der Waals surface area contributed by atoms with E-state index in [0.717, 1.165) is 23.8 Å². The first-order chi connectivity index (χ1) is 14.1. The summed E-state index contributed by atoms with van der Waals surface area (Å²) in [5, 5.41) is 20.9. The van der Waals surface area contributed by atoms with E-state index in [4.69, 9.17) is 5.73 Å². The average molecular weight is 389 g/mol. The van der Waals surface area contributed by atoms with Crippen molar-refractivity contribution in [1.82, 2.24) is 9.88 Å². The highest BCUT2D eigenvalue weighted by Gasteiger charge is 2.26. The van der Waals surface area contributed by atoms with Crippen LogP contribution < -0.4 is 11.2 Å². The van der Waals surface area contributed by atoms with Crippen LogP contribution in [0.4, 0.5) is 0 Å². The number of nitrogens with zero attached hydrogens (tertiary/aromatic N) is 2. The maximum Gasteiger partial charge on any atom is 0.489 e. The molecule has 0 unspecified atom stereocenters. The van der Waals surface area contributed by atoms with Gasteiger partial charge in [0.05, 0.1) is 0 Å². The number of likely N-dealkylation sites (tertiary alicyclic amines) is 1. The molecular formula is C22H24BN3O3. The van der Waals surface area contributed by atoms with Crippen molar-refractivity contribution < 1.29 is 14.8 Å². The lowest BCUT2D eigenvalue weighted by atomic mass is 9.76. The summed E-state index contributed by atoms with van der Waals surface area (Å²) in [6.45, 7) is 1.86. The molecule has 1 aliphatic heterocycles. The van der Waals surface area contributed by atoms with Crippen LogP contribution in [0.5, 0.6) is 0 Å². The van der Waals surface area contributed by atoms with Gasteiger partial charge in [0, 0.05) is 43.0 Å². The SMILES string of the molecule is NCc1cccc(C2CCN(C(=O)c3cc(B(O)O)c4ccncc4c3)CC2)c1. The lowest BCUT2D eigenvalue weighted by Gasteiger charge is -2.32. The van der Waals surface area contributed by atoms with Crippen molar-refractivity contribution in [1.29, 1.82) is 0 Å². The Balaban J connectivity index is 1.52. The van der Waals surface area contributed by atoms with E-state index >= 15 is 0 Å². The van der Waals surface area contributed by atoms with Crippen molar-refractivity contribution in [3.8, 4) is 0 Å². The van der Waals surface area contributed by atoms with Gasteiger partial charge in [-0.05, 0) is 58.9 Å². The molecule has 1 saturated heterocycles. The third-order valence-electron chi connectivity index (χ3n) is 5.75. The monoisotopic (exact) mass is 389 g/mol. The van der Waals surface area contributed by atoms with Gasteiger partial charge in [-0.1, -0.05) is 24.3 Å². The van der Waals surface area contributed by atoms with Gasteiger partial charge in [0.25, 0.3) is 5.91 Å². The first kappa shape index (κ1) is 19.6. The first-order valence-corrected chi connectivity index (χ1v) is 9.89. The Kier molecular flexibility index (Phi) is 5.62. The number of fused-ring (bicyclic) bond motifs is 1. The van der Waals surface area contributed by atoms with Gasteiger partial charge in [-0.2, -0.15) is 0 Å². The number of hydrogen-bond donors (Lipinski definition) is 3. The van der Waals surface area contributed by atoms with Crippen molar-refractivity contribution in [2.24, 2.45) is 5.73 Å². The molecule has 0 bridgehead atoms. The number of nitrogens with two attached hydrogens (primary N) is 1. The molecule has 148 valence electrons. The average Bonchev–Trinajstić information content (AvgIpc) is 2.78. The number of benzene rings is 2. The van der Waals surface area contributed by atoms with Crippen molar-refractivity contribution >= 4 is 29.3 Å². The largest absolute Gasteiger partial charge is 0.489 e. The second-order valence-electron chi connectivity index (χ2n) is 7.55. The normalized spacial score (nSPS) is 14.9. The maximum absolute atomic E-state index is 13.1. The maximum atomic E-state index is 13.1. The zero-order chi connectivity index (χ0) is 20.4. The van der Waals surface area contributed by atoms with Gasteiger partial charge in [0.1, 0.15) is 0 Å². The van der Waals surface area contributed by atoms with Crippen LogP contribution in [0.3, 0.4) is 0 Å². The molecule has 29 heavy (non-hydrogen) atoms. The molecule has 4 N–H and O–H groups in total. The predicted octanol–water partition coefficient (Wildman–Crippen LogP) is 1.39. The van der Waals surface area contributed by atoms with E-state index in [2.05, 4.69) is 17.1 Å². The second-order valence-corrected chi connectivity index (χ2v) is 7.55. The molecule has 2 aromatic carbocycles. The smallest absolute Gasteiger partial charge is 0.423 e. The lowest BCUT2D eigenvalue weighted by Crippen LogP contribution is -2.39. The Hall–Kier alpha value is -2.74. The molecule has 0 radical (unpaired) electrons. The van der Waals surface area contributed by atoms with Crippen LogP contribution in [-0.4, -0.2) is 46.0 Å². The Morgan fingerprint density at radius 1 is 1.17 bits per heavy atom. The third-order valence-corrected chi connectivity index (χ3v) is 5.75. The van der Waals surface area contributed by atoms with E-state index in [1.54, 1.807) is 30.6 Å². The minimum Gasteiger partial charge on any atom is -0.423 e. The number of pyridine rings is 1. The van der Waals surface area contributed by atoms with E-state index in [-0.39, 0.29) is 5.91 Å². The number of piperidine rings is 1. The van der Waals surface area contributed by atoms with Crippen LogP contribution >= 0.6 is 0 Å². The van der Waals surface area contributed by atoms with Crippen molar-refractivity contribution in [2.45, 2.75) is 25.3 Å². The van der Waals surface area contributed by atoms with E-state index in [0.29, 0.717) is 42.0 Å². The van der Waals surface area contributed by atoms with E-state index < -0.39 is 7.12 Å². The summed E-state index contributed by atoms with van der Waals surface area (Å²) in [5.74, 6) is 0.327. The van der Waals surface area contributed by atoms with Crippen molar-refractivity contribution in [3.05, 3.63) is 71.5 Å². The highest BCUT2D eigenvalue weighted by atomic mass is 16.4. The molecule has 1 amide bonds. The summed E-state index contributed by atoms with van der Waals surface area (Å²) in [6, 6.07) is 13.4. The topological polar surface area (TPSA) is 99.7 Å². The lowest BCUT2D eigenvalue weighted by molar-refractivity contribution is 0.0713. The fourth-order valence-corrected chi connectivity index (χ4v) is 4.15. The van der Waals surface area contributed by atoms with Crippen LogP contribution in [0.25, 0.3) is 10.8 Å². The van der Waals surface area contributed by atoms with E-state index in [1.807, 2.05) is 17.0 Å². The zero-order valence-corrected chi connectivity index (χ0v) is 16.2. The fourth-order valence-electron chi connectivity index (χ4n) is 4.15. The predicted molar refractivity (Wildman–Crippen MR) is 114 cm³/mol. The molecular weight excluding hydrogens is 365 g/mol. The highest BCUT2D eigenvalue weighted by Crippen LogP contribution is 2.29. The summed E-state index contributed by atoms with van der Waals surface area (Å²) < 4.78 is 0. The molecule has 3 aromatic rings. The molecule has 0 atom stereocenters. The number of rotatable bonds is 4. The summed E-state index contributed by atoms with van der Waals surface area (Å²) in [7, 11) is -1.65. The third kappa shape index (κ3) is 4.03. The molecule has 4 rings (SSSR count). The van der Waals surface area contributed by atoms with Gasteiger partial charge in [-0.25, -0.2) is 0 Å².